The van der Waals surface area contributed by atoms with Crippen molar-refractivity contribution in [3.63, 3.8) is 0 Å². The van der Waals surface area contributed by atoms with Crippen molar-refractivity contribution in [2.24, 2.45) is 7.05 Å². The highest BCUT2D eigenvalue weighted by Crippen LogP contribution is 2.28. The molecule has 1 aliphatic heterocycles. The molecule has 0 spiro atoms. The van der Waals surface area contributed by atoms with Crippen LogP contribution in [0.2, 0.25) is 0 Å². The Morgan fingerprint density at radius 2 is 1.80 bits per heavy atom. The maximum atomic E-state index is 10.5. The van der Waals surface area contributed by atoms with Crippen molar-refractivity contribution in [2.75, 3.05) is 13.1 Å². The first-order chi connectivity index (χ1) is 12.1. The number of hydrogen-bond acceptors (Lipinski definition) is 3. The van der Waals surface area contributed by atoms with E-state index in [1.165, 1.54) is 5.56 Å². The number of rotatable bonds is 4. The summed E-state index contributed by atoms with van der Waals surface area (Å²) in [7, 11) is 1.92. The van der Waals surface area contributed by atoms with Crippen LogP contribution in [0, 0.1) is 5.41 Å². The number of nitrogens with one attached hydrogen (secondary N) is 1. The van der Waals surface area contributed by atoms with Crippen LogP contribution in [-0.4, -0.2) is 38.5 Å². The minimum atomic E-state index is 0.219. The standard InChI is InChI=1S/C20H20N4O/c1-23-16-10-6-5-9-15(16)22-20(23)18-17(25)13-24(19(18)21)12-11-14-7-3-2-4-8-14/h2-10,21,25H,11-13H2,1H3. The van der Waals surface area contributed by atoms with E-state index in [4.69, 9.17) is 5.41 Å². The molecule has 2 N–H and O–H groups in total. The van der Waals surface area contributed by atoms with Crippen LogP contribution in [-0.2, 0) is 13.5 Å². The maximum absolute atomic E-state index is 10.5. The summed E-state index contributed by atoms with van der Waals surface area (Å²) in [6.07, 6.45) is 0.840. The van der Waals surface area contributed by atoms with Crippen molar-refractivity contribution >= 4 is 22.4 Å². The lowest BCUT2D eigenvalue weighted by atomic mass is 10.1. The number of aliphatic hydroxyl groups is 1. The van der Waals surface area contributed by atoms with Gasteiger partial charge >= 0.3 is 0 Å². The number of amidine groups is 1. The van der Waals surface area contributed by atoms with Crippen LogP contribution < -0.4 is 0 Å². The molecule has 126 valence electrons. The van der Waals surface area contributed by atoms with Crippen LogP contribution in [0.3, 0.4) is 0 Å². The summed E-state index contributed by atoms with van der Waals surface area (Å²) in [4.78, 5) is 6.53. The monoisotopic (exact) mass is 332 g/mol. The molecule has 1 aromatic heterocycles. The minimum absolute atomic E-state index is 0.219. The Balaban J connectivity index is 1.59. The Morgan fingerprint density at radius 3 is 2.56 bits per heavy atom. The van der Waals surface area contributed by atoms with Crippen molar-refractivity contribution in [1.82, 2.24) is 14.5 Å². The zero-order valence-electron chi connectivity index (χ0n) is 14.1. The quantitative estimate of drug-likeness (QED) is 0.770. The van der Waals surface area contributed by atoms with Crippen LogP contribution in [0.1, 0.15) is 11.4 Å². The molecule has 2 aromatic carbocycles. The van der Waals surface area contributed by atoms with Gasteiger partial charge in [0.1, 0.15) is 17.4 Å². The molecular formula is C20H20N4O. The second-order valence-corrected chi connectivity index (χ2v) is 6.31. The lowest BCUT2D eigenvalue weighted by Gasteiger charge is -2.18. The van der Waals surface area contributed by atoms with E-state index in [9.17, 15) is 5.11 Å². The molecule has 0 radical (unpaired) electrons. The van der Waals surface area contributed by atoms with E-state index in [0.717, 1.165) is 17.5 Å². The Labute approximate surface area is 146 Å². The van der Waals surface area contributed by atoms with E-state index in [-0.39, 0.29) is 5.76 Å². The third-order valence-corrected chi connectivity index (χ3v) is 4.71. The molecule has 1 aliphatic rings. The van der Waals surface area contributed by atoms with Crippen LogP contribution in [0.5, 0.6) is 0 Å². The second-order valence-electron chi connectivity index (χ2n) is 6.31. The van der Waals surface area contributed by atoms with Gasteiger partial charge < -0.3 is 14.6 Å². The highest BCUT2D eigenvalue weighted by molar-refractivity contribution is 6.23. The Bertz CT molecular complexity index is 972. The number of aliphatic hydroxyl groups excluding tert-OH is 1. The van der Waals surface area contributed by atoms with Gasteiger partial charge in [0, 0.05) is 13.6 Å². The first-order valence-electron chi connectivity index (χ1n) is 8.37. The van der Waals surface area contributed by atoms with Crippen molar-refractivity contribution in [3.8, 4) is 0 Å². The van der Waals surface area contributed by atoms with E-state index >= 15 is 0 Å². The maximum Gasteiger partial charge on any atom is 0.148 e. The second kappa shape index (κ2) is 6.09. The highest BCUT2D eigenvalue weighted by atomic mass is 16.3. The number of nitrogens with zero attached hydrogens (tertiary/aromatic N) is 3. The molecule has 0 unspecified atom stereocenters. The molecule has 5 nitrogen and oxygen atoms in total. The number of imidazole rings is 1. The lowest BCUT2D eigenvalue weighted by Crippen LogP contribution is -2.29. The van der Waals surface area contributed by atoms with Gasteiger partial charge in [-0.15, -0.1) is 0 Å². The van der Waals surface area contributed by atoms with Crippen LogP contribution in [0.15, 0.2) is 60.4 Å². The smallest absolute Gasteiger partial charge is 0.148 e. The Morgan fingerprint density at radius 1 is 1.08 bits per heavy atom. The summed E-state index contributed by atoms with van der Waals surface area (Å²) in [6.45, 7) is 1.06. The van der Waals surface area contributed by atoms with E-state index in [0.29, 0.717) is 30.3 Å². The SMILES string of the molecule is Cn1c(C2=C(O)CN(CCc3ccccc3)C2=N)nc2ccccc21. The summed E-state index contributed by atoms with van der Waals surface area (Å²) in [5.41, 5.74) is 3.63. The van der Waals surface area contributed by atoms with Gasteiger partial charge in [-0.05, 0) is 24.1 Å². The average molecular weight is 332 g/mol. The van der Waals surface area contributed by atoms with Crippen LogP contribution in [0.4, 0.5) is 0 Å². The predicted molar refractivity (Wildman–Crippen MR) is 99.7 cm³/mol. The molecule has 4 rings (SSSR count). The molecule has 0 amide bonds. The molecule has 5 heteroatoms. The largest absolute Gasteiger partial charge is 0.510 e. The predicted octanol–water partition coefficient (Wildman–Crippen LogP) is 3.38. The summed E-state index contributed by atoms with van der Waals surface area (Å²) in [5, 5.41) is 19.0. The van der Waals surface area contributed by atoms with E-state index < -0.39 is 0 Å². The van der Waals surface area contributed by atoms with Gasteiger partial charge in [-0.1, -0.05) is 42.5 Å². The number of para-hydroxylation sites is 2. The van der Waals surface area contributed by atoms with Crippen molar-refractivity contribution in [3.05, 3.63) is 71.7 Å². The van der Waals surface area contributed by atoms with Gasteiger partial charge in [-0.3, -0.25) is 5.41 Å². The normalized spacial score (nSPS) is 14.8. The van der Waals surface area contributed by atoms with Gasteiger partial charge in [-0.25, -0.2) is 4.98 Å². The van der Waals surface area contributed by atoms with Crippen molar-refractivity contribution in [1.29, 1.82) is 5.41 Å². The van der Waals surface area contributed by atoms with Gasteiger partial charge in [-0.2, -0.15) is 0 Å². The number of hydrogen-bond donors (Lipinski definition) is 2. The topological polar surface area (TPSA) is 65.1 Å². The fourth-order valence-electron chi connectivity index (χ4n) is 3.34. The molecule has 0 atom stereocenters. The van der Waals surface area contributed by atoms with E-state index in [2.05, 4.69) is 17.1 Å². The fraction of sp³-hybridized carbons (Fsp3) is 0.200. The number of aryl methyl sites for hydroxylation is 1. The van der Waals surface area contributed by atoms with Gasteiger partial charge in [0.05, 0.1) is 23.2 Å². The molecule has 0 saturated heterocycles. The number of aromatic nitrogens is 2. The van der Waals surface area contributed by atoms with Crippen molar-refractivity contribution < 1.29 is 5.11 Å². The third-order valence-electron chi connectivity index (χ3n) is 4.71. The summed E-state index contributed by atoms with van der Waals surface area (Å²) < 4.78 is 1.94. The molecule has 0 saturated carbocycles. The lowest BCUT2D eigenvalue weighted by molar-refractivity contribution is 0.351. The van der Waals surface area contributed by atoms with E-state index in [1.54, 1.807) is 0 Å². The summed E-state index contributed by atoms with van der Waals surface area (Å²) in [6, 6.07) is 18.1. The number of benzene rings is 2. The van der Waals surface area contributed by atoms with Gasteiger partial charge in [0.15, 0.2) is 0 Å². The fourth-order valence-corrected chi connectivity index (χ4v) is 3.34. The molecule has 3 aromatic rings. The summed E-state index contributed by atoms with van der Waals surface area (Å²) in [5.74, 6) is 1.20. The number of fused-ring (bicyclic) bond motifs is 1. The summed E-state index contributed by atoms with van der Waals surface area (Å²) >= 11 is 0. The third kappa shape index (κ3) is 2.67. The van der Waals surface area contributed by atoms with Gasteiger partial charge in [0.25, 0.3) is 0 Å². The molecule has 0 aliphatic carbocycles. The molecule has 25 heavy (non-hydrogen) atoms. The molecule has 0 bridgehead atoms. The first kappa shape index (κ1) is 15.4. The molecule has 2 heterocycles. The Hall–Kier alpha value is -3.08. The van der Waals surface area contributed by atoms with Gasteiger partial charge in [0.2, 0.25) is 0 Å². The zero-order chi connectivity index (χ0) is 17.4. The zero-order valence-corrected chi connectivity index (χ0v) is 14.1. The highest BCUT2D eigenvalue weighted by Gasteiger charge is 2.31. The minimum Gasteiger partial charge on any atom is -0.510 e. The average Bonchev–Trinajstić information content (AvgIpc) is 3.10. The van der Waals surface area contributed by atoms with Crippen LogP contribution >= 0.6 is 0 Å². The van der Waals surface area contributed by atoms with Crippen molar-refractivity contribution in [2.45, 2.75) is 6.42 Å². The molecule has 0 fully saturated rings. The first-order valence-corrected chi connectivity index (χ1v) is 8.37. The Kier molecular flexibility index (Phi) is 3.76. The van der Waals surface area contributed by atoms with E-state index in [1.807, 2.05) is 59.0 Å². The van der Waals surface area contributed by atoms with Crippen LogP contribution in [0.25, 0.3) is 16.6 Å². The molecular weight excluding hydrogens is 312 g/mol.